The van der Waals surface area contributed by atoms with E-state index in [1.54, 1.807) is 20.8 Å². The van der Waals surface area contributed by atoms with E-state index in [0.717, 1.165) is 0 Å². The summed E-state index contributed by atoms with van der Waals surface area (Å²) in [6.07, 6.45) is -4.42. The van der Waals surface area contributed by atoms with Gasteiger partial charge in [0.2, 0.25) is 0 Å². The van der Waals surface area contributed by atoms with Crippen molar-refractivity contribution in [1.82, 2.24) is 0 Å². The third-order valence-corrected chi connectivity index (χ3v) is 1.97. The maximum absolute atomic E-state index is 11.3. The zero-order chi connectivity index (χ0) is 12.9. The average Bonchev–Trinajstić information content (AvgIpc) is 2.21. The van der Waals surface area contributed by atoms with Gasteiger partial charge in [0.1, 0.15) is 24.9 Å². The van der Waals surface area contributed by atoms with Gasteiger partial charge in [-0.1, -0.05) is 0 Å². The Morgan fingerprint density at radius 2 is 1.69 bits per heavy atom. The molecule has 0 aliphatic rings. The Labute approximate surface area is 94.5 Å². The van der Waals surface area contributed by atoms with Gasteiger partial charge in [-0.15, -0.1) is 0 Å². The predicted molar refractivity (Wildman–Crippen MR) is 55.5 cm³/mol. The fraction of sp³-hybridized carbons (Fsp3) is 0.900. The summed E-state index contributed by atoms with van der Waals surface area (Å²) in [6, 6.07) is 0. The smallest absolute Gasteiger partial charge is 0.311 e. The highest BCUT2D eigenvalue weighted by atomic mass is 16.5. The normalized spacial score (nSPS) is 17.7. The lowest BCUT2D eigenvalue weighted by molar-refractivity contribution is -0.161. The third kappa shape index (κ3) is 4.89. The molecule has 0 bridgehead atoms. The summed E-state index contributed by atoms with van der Waals surface area (Å²) < 4.78 is 4.74. The lowest BCUT2D eigenvalue weighted by Gasteiger charge is -2.23. The summed E-state index contributed by atoms with van der Waals surface area (Å²) in [6.45, 7) is 3.86. The van der Waals surface area contributed by atoms with Crippen LogP contribution in [0.1, 0.15) is 20.8 Å². The highest BCUT2D eigenvalue weighted by Crippen LogP contribution is 2.15. The fourth-order valence-electron chi connectivity index (χ4n) is 0.841. The van der Waals surface area contributed by atoms with E-state index in [2.05, 4.69) is 0 Å². The largest absolute Gasteiger partial charge is 0.462 e. The van der Waals surface area contributed by atoms with Gasteiger partial charge in [-0.05, 0) is 20.8 Å². The number of rotatable bonds is 5. The summed E-state index contributed by atoms with van der Waals surface area (Å²) in [7, 11) is 0. The Morgan fingerprint density at radius 3 is 2.06 bits per heavy atom. The number of esters is 1. The van der Waals surface area contributed by atoms with Crippen LogP contribution in [-0.4, -0.2) is 57.9 Å². The molecule has 4 N–H and O–H groups in total. The number of hydrogen-bond acceptors (Lipinski definition) is 6. The summed E-state index contributed by atoms with van der Waals surface area (Å²) >= 11 is 0. The highest BCUT2D eigenvalue weighted by Gasteiger charge is 2.28. The highest BCUT2D eigenvalue weighted by molar-refractivity contribution is 5.75. The SMILES string of the molecule is CC(C)(C)C(=O)OC[C@H](O)[C@H](O)[C@H](O)CO. The molecule has 0 unspecified atom stereocenters. The molecule has 0 aromatic heterocycles. The van der Waals surface area contributed by atoms with Gasteiger partial charge < -0.3 is 25.2 Å². The second kappa shape index (κ2) is 6.15. The molecule has 6 heteroatoms. The number of carbonyl (C=O) groups is 1. The van der Waals surface area contributed by atoms with Crippen molar-refractivity contribution in [2.24, 2.45) is 5.41 Å². The van der Waals surface area contributed by atoms with E-state index in [-0.39, 0.29) is 0 Å². The Morgan fingerprint density at radius 1 is 1.19 bits per heavy atom. The molecule has 0 radical (unpaired) electrons. The first-order chi connectivity index (χ1) is 7.20. The molecule has 0 saturated heterocycles. The van der Waals surface area contributed by atoms with E-state index >= 15 is 0 Å². The molecule has 0 aromatic carbocycles. The summed E-state index contributed by atoms with van der Waals surface area (Å²) in [5.74, 6) is -0.516. The van der Waals surface area contributed by atoms with Crippen LogP contribution in [0, 0.1) is 5.41 Å². The van der Waals surface area contributed by atoms with Crippen molar-refractivity contribution in [3.05, 3.63) is 0 Å². The zero-order valence-electron chi connectivity index (χ0n) is 9.75. The second-order valence-electron chi connectivity index (χ2n) is 4.66. The van der Waals surface area contributed by atoms with Gasteiger partial charge in [0.05, 0.1) is 12.0 Å². The topological polar surface area (TPSA) is 107 Å². The Hall–Kier alpha value is -0.690. The van der Waals surface area contributed by atoms with Gasteiger partial charge in [0.15, 0.2) is 0 Å². The molecule has 0 fully saturated rings. The van der Waals surface area contributed by atoms with Crippen LogP contribution in [0.2, 0.25) is 0 Å². The van der Waals surface area contributed by atoms with Crippen molar-refractivity contribution in [2.45, 2.75) is 39.1 Å². The van der Waals surface area contributed by atoms with Crippen LogP contribution in [0.3, 0.4) is 0 Å². The quantitative estimate of drug-likeness (QED) is 0.440. The number of carbonyl (C=O) groups excluding carboxylic acids is 1. The van der Waals surface area contributed by atoms with E-state index < -0.39 is 42.9 Å². The van der Waals surface area contributed by atoms with Gasteiger partial charge in [-0.25, -0.2) is 0 Å². The van der Waals surface area contributed by atoms with Crippen LogP contribution in [0.25, 0.3) is 0 Å². The second-order valence-corrected chi connectivity index (χ2v) is 4.66. The van der Waals surface area contributed by atoms with Crippen LogP contribution in [0.4, 0.5) is 0 Å². The van der Waals surface area contributed by atoms with Crippen molar-refractivity contribution in [1.29, 1.82) is 0 Å². The van der Waals surface area contributed by atoms with Crippen LogP contribution in [-0.2, 0) is 9.53 Å². The van der Waals surface area contributed by atoms with Crippen molar-refractivity contribution in [3.8, 4) is 0 Å². The fourth-order valence-corrected chi connectivity index (χ4v) is 0.841. The molecule has 3 atom stereocenters. The number of aliphatic hydroxyl groups excluding tert-OH is 4. The van der Waals surface area contributed by atoms with Crippen molar-refractivity contribution < 1.29 is 30.0 Å². The van der Waals surface area contributed by atoms with Crippen molar-refractivity contribution >= 4 is 5.97 Å². The van der Waals surface area contributed by atoms with Gasteiger partial charge >= 0.3 is 5.97 Å². The summed E-state index contributed by atoms with van der Waals surface area (Å²) in [4.78, 5) is 11.3. The Kier molecular flexibility index (Phi) is 5.88. The molecule has 0 spiro atoms. The lowest BCUT2D eigenvalue weighted by atomic mass is 9.97. The van der Waals surface area contributed by atoms with E-state index in [1.165, 1.54) is 0 Å². The molecule has 0 heterocycles. The standard InChI is InChI=1S/C10H20O6/c1-10(2,3)9(15)16-5-7(13)8(14)6(12)4-11/h6-8,11-14H,4-5H2,1-3H3/t6-,7+,8-/m1/s1. The maximum Gasteiger partial charge on any atom is 0.311 e. The number of hydrogen-bond donors (Lipinski definition) is 4. The van der Waals surface area contributed by atoms with E-state index in [4.69, 9.17) is 14.9 Å². The minimum Gasteiger partial charge on any atom is -0.462 e. The first-order valence-electron chi connectivity index (χ1n) is 5.02. The lowest BCUT2D eigenvalue weighted by Crippen LogP contribution is -2.42. The number of aliphatic hydroxyl groups is 4. The molecular formula is C10H20O6. The summed E-state index contributed by atoms with van der Waals surface area (Å²) in [5.41, 5.74) is -0.694. The molecule has 16 heavy (non-hydrogen) atoms. The van der Waals surface area contributed by atoms with Gasteiger partial charge in [0, 0.05) is 0 Å². The van der Waals surface area contributed by atoms with Gasteiger partial charge in [-0.2, -0.15) is 0 Å². The first kappa shape index (κ1) is 15.3. The molecule has 0 aliphatic carbocycles. The summed E-state index contributed by atoms with van der Waals surface area (Å²) in [5, 5.41) is 36.1. The van der Waals surface area contributed by atoms with Crippen molar-refractivity contribution in [3.63, 3.8) is 0 Å². The molecule has 0 aromatic rings. The molecule has 0 amide bonds. The molecule has 0 saturated carbocycles. The predicted octanol–water partition coefficient (Wildman–Crippen LogP) is -1.35. The van der Waals surface area contributed by atoms with E-state index in [1.807, 2.05) is 0 Å². The zero-order valence-corrected chi connectivity index (χ0v) is 9.75. The molecular weight excluding hydrogens is 216 g/mol. The monoisotopic (exact) mass is 236 g/mol. The Balaban J connectivity index is 4.08. The van der Waals surface area contributed by atoms with Crippen LogP contribution in [0.5, 0.6) is 0 Å². The minimum atomic E-state index is -1.54. The van der Waals surface area contributed by atoms with Crippen molar-refractivity contribution in [2.75, 3.05) is 13.2 Å². The van der Waals surface area contributed by atoms with Crippen LogP contribution in [0.15, 0.2) is 0 Å². The molecule has 0 aliphatic heterocycles. The Bertz CT molecular complexity index is 222. The number of ether oxygens (including phenoxy) is 1. The van der Waals surface area contributed by atoms with Gasteiger partial charge in [0.25, 0.3) is 0 Å². The molecule has 96 valence electrons. The third-order valence-electron chi connectivity index (χ3n) is 1.97. The average molecular weight is 236 g/mol. The molecule has 0 rings (SSSR count). The van der Waals surface area contributed by atoms with E-state index in [0.29, 0.717) is 0 Å². The first-order valence-corrected chi connectivity index (χ1v) is 5.02. The maximum atomic E-state index is 11.3. The van der Waals surface area contributed by atoms with Crippen LogP contribution < -0.4 is 0 Å². The van der Waals surface area contributed by atoms with E-state index in [9.17, 15) is 15.0 Å². The molecule has 6 nitrogen and oxygen atoms in total. The minimum absolute atomic E-state index is 0.422. The van der Waals surface area contributed by atoms with Crippen LogP contribution >= 0.6 is 0 Å². The van der Waals surface area contributed by atoms with Gasteiger partial charge in [-0.3, -0.25) is 4.79 Å².